The van der Waals surface area contributed by atoms with Gasteiger partial charge >= 0.3 is 0 Å². The van der Waals surface area contributed by atoms with Gasteiger partial charge in [0.05, 0.1) is 12.2 Å². The zero-order valence-electron chi connectivity index (χ0n) is 7.51. The number of aliphatic hydroxyl groups excluding tert-OH is 1. The van der Waals surface area contributed by atoms with E-state index >= 15 is 0 Å². The van der Waals surface area contributed by atoms with Gasteiger partial charge in [0.25, 0.3) is 0 Å². The molecule has 1 saturated heterocycles. The van der Waals surface area contributed by atoms with E-state index in [9.17, 15) is 19.8 Å². The molecule has 2 fully saturated rings. The predicted octanol–water partition coefficient (Wildman–Crippen LogP) is -1.77. The number of fused-ring (bicyclic) bond motifs is 1. The summed E-state index contributed by atoms with van der Waals surface area (Å²) in [5, 5.41) is 19.5. The van der Waals surface area contributed by atoms with Crippen molar-refractivity contribution in [2.24, 2.45) is 5.92 Å². The molecule has 5 nitrogen and oxygen atoms in total. The summed E-state index contributed by atoms with van der Waals surface area (Å²) < 4.78 is 5.17. The minimum atomic E-state index is -1.63. The first-order valence-electron chi connectivity index (χ1n) is 4.67. The molecule has 0 aromatic carbocycles. The molecular formula is C9H11O5-. The minimum absolute atomic E-state index is 0.0315. The second kappa shape index (κ2) is 3.33. The standard InChI is InChI=1S/C9H12O5/c10-5-2-1-4(7-8(5)14-7)3-6(11)9(12)13/h4-5,7-8,10H,1-3H2,(H,12,13)/p-1/t4-,5+,7+,8-/m0/s1. The monoisotopic (exact) mass is 199 g/mol. The van der Waals surface area contributed by atoms with Crippen molar-refractivity contribution in [3.63, 3.8) is 0 Å². The summed E-state index contributed by atoms with van der Waals surface area (Å²) in [5.41, 5.74) is 0. The number of ketones is 1. The lowest BCUT2D eigenvalue weighted by molar-refractivity contribution is -0.300. The van der Waals surface area contributed by atoms with Gasteiger partial charge in [0.15, 0.2) is 5.78 Å². The lowest BCUT2D eigenvalue weighted by Gasteiger charge is -2.20. The summed E-state index contributed by atoms with van der Waals surface area (Å²) in [5.74, 6) is -2.57. The third-order valence-corrected chi connectivity index (χ3v) is 2.91. The van der Waals surface area contributed by atoms with Gasteiger partial charge in [-0.2, -0.15) is 0 Å². The van der Waals surface area contributed by atoms with Gasteiger partial charge in [-0.15, -0.1) is 0 Å². The SMILES string of the molecule is O=C([O-])C(=O)C[C@@H]1CC[C@@H](O)[C@@H]2O[C@H]12. The fraction of sp³-hybridized carbons (Fsp3) is 0.778. The van der Waals surface area contributed by atoms with Crippen molar-refractivity contribution in [3.05, 3.63) is 0 Å². The summed E-state index contributed by atoms with van der Waals surface area (Å²) in [6.45, 7) is 0. The van der Waals surface area contributed by atoms with Crippen LogP contribution in [0.5, 0.6) is 0 Å². The lowest BCUT2D eigenvalue weighted by Crippen LogP contribution is -2.35. The number of epoxide rings is 1. The summed E-state index contributed by atoms with van der Waals surface area (Å²) in [7, 11) is 0. The van der Waals surface area contributed by atoms with Gasteiger partial charge < -0.3 is 19.7 Å². The number of carbonyl (C=O) groups excluding carboxylic acids is 2. The molecule has 0 amide bonds. The Morgan fingerprint density at radius 1 is 1.36 bits per heavy atom. The van der Waals surface area contributed by atoms with Gasteiger partial charge in [0, 0.05) is 6.42 Å². The topological polar surface area (TPSA) is 90.0 Å². The van der Waals surface area contributed by atoms with E-state index in [1.807, 2.05) is 0 Å². The molecule has 2 aliphatic rings. The largest absolute Gasteiger partial charge is 0.542 e. The van der Waals surface area contributed by atoms with Gasteiger partial charge in [-0.3, -0.25) is 4.79 Å². The van der Waals surface area contributed by atoms with Gasteiger partial charge in [0.1, 0.15) is 12.1 Å². The van der Waals surface area contributed by atoms with Gasteiger partial charge in [0.2, 0.25) is 0 Å². The van der Waals surface area contributed by atoms with Crippen LogP contribution < -0.4 is 5.11 Å². The van der Waals surface area contributed by atoms with Crippen LogP contribution in [0.2, 0.25) is 0 Å². The zero-order valence-corrected chi connectivity index (χ0v) is 7.51. The number of rotatable bonds is 3. The molecule has 0 aromatic heterocycles. The van der Waals surface area contributed by atoms with Crippen LogP contribution in [0.3, 0.4) is 0 Å². The number of ether oxygens (including phenoxy) is 1. The molecule has 5 heteroatoms. The van der Waals surface area contributed by atoms with Crippen molar-refractivity contribution in [2.75, 3.05) is 0 Å². The van der Waals surface area contributed by atoms with E-state index in [-0.39, 0.29) is 24.5 Å². The van der Waals surface area contributed by atoms with E-state index in [2.05, 4.69) is 0 Å². The van der Waals surface area contributed by atoms with Crippen LogP contribution >= 0.6 is 0 Å². The van der Waals surface area contributed by atoms with Gasteiger partial charge in [-0.25, -0.2) is 0 Å². The molecule has 1 aliphatic heterocycles. The second-order valence-corrected chi connectivity index (χ2v) is 3.88. The first-order chi connectivity index (χ1) is 6.59. The Bertz CT molecular complexity index is 274. The number of hydrogen-bond donors (Lipinski definition) is 1. The fourth-order valence-corrected chi connectivity index (χ4v) is 2.08. The molecule has 78 valence electrons. The van der Waals surface area contributed by atoms with E-state index in [1.54, 1.807) is 0 Å². The molecule has 4 atom stereocenters. The van der Waals surface area contributed by atoms with Crippen LogP contribution in [-0.4, -0.2) is 35.2 Å². The van der Waals surface area contributed by atoms with Crippen LogP contribution in [-0.2, 0) is 14.3 Å². The summed E-state index contributed by atoms with van der Waals surface area (Å²) in [6, 6.07) is 0. The molecule has 0 aromatic rings. The first-order valence-corrected chi connectivity index (χ1v) is 4.67. The fourth-order valence-electron chi connectivity index (χ4n) is 2.08. The number of carbonyl (C=O) groups is 2. The van der Waals surface area contributed by atoms with Gasteiger partial charge in [-0.1, -0.05) is 0 Å². The highest BCUT2D eigenvalue weighted by molar-refractivity contribution is 6.31. The van der Waals surface area contributed by atoms with E-state index in [0.29, 0.717) is 12.8 Å². The number of aliphatic carboxylic acids is 1. The molecule has 1 aliphatic carbocycles. The highest BCUT2D eigenvalue weighted by atomic mass is 16.6. The van der Waals surface area contributed by atoms with Crippen molar-refractivity contribution >= 4 is 11.8 Å². The highest BCUT2D eigenvalue weighted by Crippen LogP contribution is 2.42. The number of carboxylic acids is 1. The van der Waals surface area contributed by atoms with Crippen LogP contribution in [0.4, 0.5) is 0 Å². The zero-order chi connectivity index (χ0) is 10.3. The molecule has 0 radical (unpaired) electrons. The molecule has 0 unspecified atom stereocenters. The highest BCUT2D eigenvalue weighted by Gasteiger charge is 2.52. The van der Waals surface area contributed by atoms with E-state index in [4.69, 9.17) is 4.74 Å². The lowest BCUT2D eigenvalue weighted by atomic mass is 9.84. The maximum atomic E-state index is 10.9. The molecular weight excluding hydrogens is 188 g/mol. The second-order valence-electron chi connectivity index (χ2n) is 3.88. The van der Waals surface area contributed by atoms with Crippen LogP contribution in [0.15, 0.2) is 0 Å². The average molecular weight is 199 g/mol. The minimum Gasteiger partial charge on any atom is -0.542 e. The predicted molar refractivity (Wildman–Crippen MR) is 42.0 cm³/mol. The molecule has 1 N–H and O–H groups in total. The average Bonchev–Trinajstić information content (AvgIpc) is 2.89. The number of aliphatic hydroxyl groups is 1. The van der Waals surface area contributed by atoms with E-state index in [0.717, 1.165) is 0 Å². The Balaban J connectivity index is 1.89. The molecule has 0 bridgehead atoms. The molecule has 14 heavy (non-hydrogen) atoms. The van der Waals surface area contributed by atoms with Crippen molar-refractivity contribution in [1.29, 1.82) is 0 Å². The summed E-state index contributed by atoms with van der Waals surface area (Å²) in [6.07, 6.45) is 0.434. The Morgan fingerprint density at radius 2 is 2.07 bits per heavy atom. The Morgan fingerprint density at radius 3 is 2.71 bits per heavy atom. The van der Waals surface area contributed by atoms with Crippen molar-refractivity contribution < 1.29 is 24.5 Å². The normalized spacial score (nSPS) is 40.1. The Labute approximate surface area is 80.7 Å². The van der Waals surface area contributed by atoms with Crippen molar-refractivity contribution in [2.45, 2.75) is 37.6 Å². The van der Waals surface area contributed by atoms with Crippen molar-refractivity contribution in [1.82, 2.24) is 0 Å². The Hall–Kier alpha value is -0.940. The third kappa shape index (κ3) is 1.65. The van der Waals surface area contributed by atoms with E-state index in [1.165, 1.54) is 0 Å². The van der Waals surface area contributed by atoms with Crippen molar-refractivity contribution in [3.8, 4) is 0 Å². The quantitative estimate of drug-likeness (QED) is 0.429. The molecule has 0 spiro atoms. The summed E-state index contributed by atoms with van der Waals surface area (Å²) in [4.78, 5) is 21.1. The maximum absolute atomic E-state index is 10.9. The number of Topliss-reactive ketones (excluding diaryl/α,β-unsaturated/α-hetero) is 1. The van der Waals surface area contributed by atoms with Crippen LogP contribution in [0, 0.1) is 5.92 Å². The van der Waals surface area contributed by atoms with E-state index < -0.39 is 17.9 Å². The maximum Gasteiger partial charge on any atom is 0.178 e. The number of hydrogen-bond acceptors (Lipinski definition) is 5. The molecule has 2 rings (SSSR count). The molecule has 1 saturated carbocycles. The number of carboxylic acid groups (broad SMARTS) is 1. The summed E-state index contributed by atoms with van der Waals surface area (Å²) >= 11 is 0. The first kappa shape index (κ1) is 9.61. The smallest absolute Gasteiger partial charge is 0.178 e. The van der Waals surface area contributed by atoms with Crippen LogP contribution in [0.25, 0.3) is 0 Å². The van der Waals surface area contributed by atoms with Crippen LogP contribution in [0.1, 0.15) is 19.3 Å². The molecule has 1 heterocycles. The van der Waals surface area contributed by atoms with Gasteiger partial charge in [-0.05, 0) is 18.8 Å². The Kier molecular flexibility index (Phi) is 2.28. The third-order valence-electron chi connectivity index (χ3n) is 2.91.